The summed E-state index contributed by atoms with van der Waals surface area (Å²) in [5.41, 5.74) is 1.35. The van der Waals surface area contributed by atoms with Crippen LogP contribution in [-0.2, 0) is 16.0 Å². The molecule has 6 heteroatoms. The van der Waals surface area contributed by atoms with E-state index in [0.29, 0.717) is 17.9 Å². The van der Waals surface area contributed by atoms with Gasteiger partial charge in [0.05, 0.1) is 6.42 Å². The van der Waals surface area contributed by atoms with Crippen LogP contribution in [0.15, 0.2) is 24.4 Å². The summed E-state index contributed by atoms with van der Waals surface area (Å²) in [6, 6.07) is 3.49. The van der Waals surface area contributed by atoms with E-state index in [-0.39, 0.29) is 18.1 Å². The SMILES string of the molecule is O=C(Cc1c[nH]c2cc(F)ccc12)NC(CC1CC1)C(=O)O. The largest absolute Gasteiger partial charge is 0.480 e. The van der Waals surface area contributed by atoms with Gasteiger partial charge in [-0.25, -0.2) is 9.18 Å². The van der Waals surface area contributed by atoms with E-state index in [0.717, 1.165) is 23.8 Å². The number of carbonyl (C=O) groups is 2. The van der Waals surface area contributed by atoms with Crippen molar-refractivity contribution in [3.63, 3.8) is 0 Å². The number of aromatic nitrogens is 1. The molecule has 22 heavy (non-hydrogen) atoms. The van der Waals surface area contributed by atoms with E-state index in [9.17, 15) is 14.0 Å². The van der Waals surface area contributed by atoms with Crippen molar-refractivity contribution in [2.75, 3.05) is 0 Å². The van der Waals surface area contributed by atoms with Gasteiger partial charge in [-0.2, -0.15) is 0 Å². The summed E-state index contributed by atoms with van der Waals surface area (Å²) >= 11 is 0. The number of H-pyrrole nitrogens is 1. The molecule has 1 heterocycles. The molecule has 1 amide bonds. The first kappa shape index (κ1) is 14.6. The van der Waals surface area contributed by atoms with Crippen LogP contribution in [-0.4, -0.2) is 28.0 Å². The topological polar surface area (TPSA) is 82.2 Å². The van der Waals surface area contributed by atoms with Gasteiger partial charge in [-0.3, -0.25) is 4.79 Å². The molecule has 0 aliphatic heterocycles. The Balaban J connectivity index is 1.68. The summed E-state index contributed by atoms with van der Waals surface area (Å²) in [4.78, 5) is 26.2. The summed E-state index contributed by atoms with van der Waals surface area (Å²) in [5, 5.41) is 12.5. The fraction of sp³-hybridized carbons (Fsp3) is 0.375. The van der Waals surface area contributed by atoms with Gasteiger partial charge in [0.1, 0.15) is 11.9 Å². The van der Waals surface area contributed by atoms with Crippen LogP contribution in [0.25, 0.3) is 10.9 Å². The van der Waals surface area contributed by atoms with E-state index in [1.165, 1.54) is 12.1 Å². The minimum Gasteiger partial charge on any atom is -0.480 e. The molecule has 3 N–H and O–H groups in total. The third kappa shape index (κ3) is 3.27. The zero-order chi connectivity index (χ0) is 15.7. The molecule has 1 atom stereocenters. The van der Waals surface area contributed by atoms with E-state index >= 15 is 0 Å². The van der Waals surface area contributed by atoms with Crippen molar-refractivity contribution < 1.29 is 19.1 Å². The number of aliphatic carboxylic acids is 1. The fourth-order valence-corrected chi connectivity index (χ4v) is 2.63. The van der Waals surface area contributed by atoms with Crippen LogP contribution in [0, 0.1) is 11.7 Å². The highest BCUT2D eigenvalue weighted by Crippen LogP contribution is 2.33. The first-order valence-corrected chi connectivity index (χ1v) is 7.30. The van der Waals surface area contributed by atoms with Crippen LogP contribution in [0.5, 0.6) is 0 Å². The fourth-order valence-electron chi connectivity index (χ4n) is 2.63. The van der Waals surface area contributed by atoms with Gasteiger partial charge in [-0.1, -0.05) is 12.8 Å². The number of hydrogen-bond donors (Lipinski definition) is 3. The van der Waals surface area contributed by atoms with Crippen LogP contribution in [0.2, 0.25) is 0 Å². The molecule has 1 aromatic carbocycles. The molecule has 0 spiro atoms. The van der Waals surface area contributed by atoms with Gasteiger partial charge in [0.15, 0.2) is 0 Å². The second-order valence-electron chi connectivity index (χ2n) is 5.82. The molecule has 5 nitrogen and oxygen atoms in total. The molecule has 2 aromatic rings. The van der Waals surface area contributed by atoms with Crippen molar-refractivity contribution in [3.8, 4) is 0 Å². The molecule has 3 rings (SSSR count). The van der Waals surface area contributed by atoms with Crippen LogP contribution < -0.4 is 5.32 Å². The monoisotopic (exact) mass is 304 g/mol. The number of halogens is 1. The number of benzene rings is 1. The maximum Gasteiger partial charge on any atom is 0.326 e. The molecule has 1 aliphatic rings. The lowest BCUT2D eigenvalue weighted by Gasteiger charge is -2.13. The summed E-state index contributed by atoms with van der Waals surface area (Å²) in [6.45, 7) is 0. The Kier molecular flexibility index (Phi) is 3.83. The number of fused-ring (bicyclic) bond motifs is 1. The van der Waals surface area contributed by atoms with Gasteiger partial charge in [-0.05, 0) is 36.1 Å². The van der Waals surface area contributed by atoms with Gasteiger partial charge in [0, 0.05) is 17.1 Å². The molecule has 0 saturated heterocycles. The lowest BCUT2D eigenvalue weighted by molar-refractivity contribution is -0.142. The Morgan fingerprint density at radius 2 is 2.18 bits per heavy atom. The smallest absolute Gasteiger partial charge is 0.326 e. The maximum atomic E-state index is 13.1. The number of nitrogens with one attached hydrogen (secondary N) is 2. The second-order valence-corrected chi connectivity index (χ2v) is 5.82. The van der Waals surface area contributed by atoms with Crippen LogP contribution in [0.4, 0.5) is 4.39 Å². The van der Waals surface area contributed by atoms with E-state index in [2.05, 4.69) is 10.3 Å². The number of rotatable bonds is 6. The molecule has 1 aliphatic carbocycles. The van der Waals surface area contributed by atoms with Crippen molar-refractivity contribution in [2.24, 2.45) is 5.92 Å². The van der Waals surface area contributed by atoms with Crippen molar-refractivity contribution >= 4 is 22.8 Å². The van der Waals surface area contributed by atoms with E-state index < -0.39 is 12.0 Å². The average Bonchev–Trinajstić information content (AvgIpc) is 3.19. The van der Waals surface area contributed by atoms with Gasteiger partial charge >= 0.3 is 5.97 Å². The Morgan fingerprint density at radius 3 is 2.86 bits per heavy atom. The highest BCUT2D eigenvalue weighted by molar-refractivity contribution is 5.90. The molecular weight excluding hydrogens is 287 g/mol. The van der Waals surface area contributed by atoms with Gasteiger partial charge in [0.25, 0.3) is 0 Å². The van der Waals surface area contributed by atoms with Gasteiger partial charge in [-0.15, -0.1) is 0 Å². The van der Waals surface area contributed by atoms with E-state index in [1.807, 2.05) is 0 Å². The van der Waals surface area contributed by atoms with Gasteiger partial charge < -0.3 is 15.4 Å². The van der Waals surface area contributed by atoms with E-state index in [1.54, 1.807) is 12.3 Å². The summed E-state index contributed by atoms with van der Waals surface area (Å²) in [6.07, 6.45) is 4.28. The number of hydrogen-bond acceptors (Lipinski definition) is 2. The second kappa shape index (κ2) is 5.79. The number of aromatic amines is 1. The first-order chi connectivity index (χ1) is 10.5. The zero-order valence-electron chi connectivity index (χ0n) is 11.9. The van der Waals surface area contributed by atoms with Crippen LogP contribution in [0.1, 0.15) is 24.8 Å². The molecule has 0 radical (unpaired) electrons. The lowest BCUT2D eigenvalue weighted by Crippen LogP contribution is -2.41. The molecule has 0 bridgehead atoms. The number of carboxylic acid groups (broad SMARTS) is 1. The summed E-state index contributed by atoms with van der Waals surface area (Å²) in [5.74, 6) is -1.27. The standard InChI is InChI=1S/C16H17FN2O3/c17-11-3-4-12-10(8-18-13(12)7-11)6-15(20)19-14(16(21)22)5-9-1-2-9/h3-4,7-9,14,18H,1-2,5-6H2,(H,19,20)(H,21,22). The van der Waals surface area contributed by atoms with Crippen LogP contribution in [0.3, 0.4) is 0 Å². The number of carboxylic acids is 1. The highest BCUT2D eigenvalue weighted by atomic mass is 19.1. The summed E-state index contributed by atoms with van der Waals surface area (Å²) < 4.78 is 13.1. The van der Waals surface area contributed by atoms with Gasteiger partial charge in [0.2, 0.25) is 5.91 Å². The Bertz CT molecular complexity index is 721. The number of amides is 1. The molecule has 1 saturated carbocycles. The Morgan fingerprint density at radius 1 is 1.41 bits per heavy atom. The maximum absolute atomic E-state index is 13.1. The Labute approximate surface area is 126 Å². The predicted molar refractivity (Wildman–Crippen MR) is 78.9 cm³/mol. The first-order valence-electron chi connectivity index (χ1n) is 7.30. The number of carbonyl (C=O) groups excluding carboxylic acids is 1. The molecule has 1 fully saturated rings. The Hall–Kier alpha value is -2.37. The van der Waals surface area contributed by atoms with Crippen molar-refractivity contribution in [1.29, 1.82) is 0 Å². The molecular formula is C16H17FN2O3. The molecule has 1 unspecified atom stereocenters. The minimum atomic E-state index is -0.999. The van der Waals surface area contributed by atoms with Crippen LogP contribution >= 0.6 is 0 Å². The third-order valence-corrected chi connectivity index (χ3v) is 3.98. The zero-order valence-corrected chi connectivity index (χ0v) is 11.9. The average molecular weight is 304 g/mol. The molecule has 1 aromatic heterocycles. The predicted octanol–water partition coefficient (Wildman–Crippen LogP) is 2.22. The summed E-state index contributed by atoms with van der Waals surface area (Å²) in [7, 11) is 0. The molecule has 116 valence electrons. The third-order valence-electron chi connectivity index (χ3n) is 3.98. The van der Waals surface area contributed by atoms with Crippen molar-refractivity contribution in [3.05, 3.63) is 35.8 Å². The van der Waals surface area contributed by atoms with Crippen molar-refractivity contribution in [1.82, 2.24) is 10.3 Å². The lowest BCUT2D eigenvalue weighted by atomic mass is 10.1. The highest BCUT2D eigenvalue weighted by Gasteiger charge is 2.30. The van der Waals surface area contributed by atoms with E-state index in [4.69, 9.17) is 5.11 Å². The van der Waals surface area contributed by atoms with Crippen molar-refractivity contribution in [2.45, 2.75) is 31.7 Å². The quantitative estimate of drug-likeness (QED) is 0.765. The minimum absolute atomic E-state index is 0.0695. The normalized spacial score (nSPS) is 15.7.